The van der Waals surface area contributed by atoms with Crippen molar-refractivity contribution in [2.24, 2.45) is 0 Å². The standard InChI is InChI=1S/C20H30O3S/c1-2-20(12-4-5-13-20)23-19(21)16-22-17-8-10-18(11-9-17)24-14-6-3-7-15-24/h8-11,24H,2-7,12-16H2,1H3. The zero-order chi connectivity index (χ0) is 16.8. The quantitative estimate of drug-likeness (QED) is 0.587. The van der Waals surface area contributed by atoms with Crippen LogP contribution in [0.3, 0.4) is 0 Å². The number of carbonyl (C=O) groups excluding carboxylic acids is 1. The minimum atomic E-state index is -0.237. The first kappa shape index (κ1) is 17.7. The molecule has 3 nitrogen and oxygen atoms in total. The molecule has 0 spiro atoms. The van der Waals surface area contributed by atoms with Gasteiger partial charge in [-0.05, 0) is 85.6 Å². The minimum Gasteiger partial charge on any atom is -0.482 e. The summed E-state index contributed by atoms with van der Waals surface area (Å²) in [6, 6.07) is 8.37. The average molecular weight is 351 g/mol. The van der Waals surface area contributed by atoms with Gasteiger partial charge in [0.1, 0.15) is 11.4 Å². The first-order valence-corrected chi connectivity index (χ1v) is 11.1. The molecule has 0 amide bonds. The fourth-order valence-electron chi connectivity index (χ4n) is 3.87. The molecule has 134 valence electrons. The molecule has 4 heteroatoms. The lowest BCUT2D eigenvalue weighted by atomic mass is 9.99. The normalized spacial score (nSPS) is 21.5. The average Bonchev–Trinajstić information content (AvgIpc) is 3.10. The van der Waals surface area contributed by atoms with E-state index < -0.39 is 0 Å². The molecule has 1 saturated carbocycles. The van der Waals surface area contributed by atoms with Crippen molar-refractivity contribution in [1.82, 2.24) is 0 Å². The van der Waals surface area contributed by atoms with Crippen LogP contribution >= 0.6 is 10.9 Å². The minimum absolute atomic E-state index is 0.00978. The Labute approximate surface area is 148 Å². The van der Waals surface area contributed by atoms with E-state index in [1.807, 2.05) is 12.1 Å². The van der Waals surface area contributed by atoms with Gasteiger partial charge in [0, 0.05) is 0 Å². The summed E-state index contributed by atoms with van der Waals surface area (Å²) in [6.07, 6.45) is 9.34. The summed E-state index contributed by atoms with van der Waals surface area (Å²) in [4.78, 5) is 13.6. The molecule has 0 unspecified atom stereocenters. The van der Waals surface area contributed by atoms with Gasteiger partial charge in [-0.15, -0.1) is 0 Å². The van der Waals surface area contributed by atoms with Gasteiger partial charge >= 0.3 is 5.97 Å². The number of thiol groups is 1. The number of ether oxygens (including phenoxy) is 2. The monoisotopic (exact) mass is 350 g/mol. The molecule has 1 aliphatic heterocycles. The Kier molecular flexibility index (Phi) is 6.09. The molecule has 24 heavy (non-hydrogen) atoms. The largest absolute Gasteiger partial charge is 0.482 e. The highest BCUT2D eigenvalue weighted by atomic mass is 32.2. The highest BCUT2D eigenvalue weighted by Crippen LogP contribution is 2.41. The van der Waals surface area contributed by atoms with Crippen LogP contribution in [0.25, 0.3) is 0 Å². The summed E-state index contributed by atoms with van der Waals surface area (Å²) in [5.41, 5.74) is -0.228. The predicted octanol–water partition coefficient (Wildman–Crippen LogP) is 4.88. The lowest BCUT2D eigenvalue weighted by Crippen LogP contribution is -2.33. The van der Waals surface area contributed by atoms with Gasteiger partial charge in [0.25, 0.3) is 0 Å². The van der Waals surface area contributed by atoms with Gasteiger partial charge in [0.15, 0.2) is 6.61 Å². The van der Waals surface area contributed by atoms with Crippen LogP contribution < -0.4 is 4.74 Å². The molecule has 3 rings (SSSR count). The van der Waals surface area contributed by atoms with Crippen molar-refractivity contribution >= 4 is 16.9 Å². The highest BCUT2D eigenvalue weighted by molar-refractivity contribution is 8.17. The molecular weight excluding hydrogens is 320 g/mol. The fraction of sp³-hybridized carbons (Fsp3) is 0.650. The highest BCUT2D eigenvalue weighted by Gasteiger charge is 2.35. The Balaban J connectivity index is 1.48. The van der Waals surface area contributed by atoms with Gasteiger partial charge in [0.05, 0.1) is 0 Å². The molecule has 0 N–H and O–H groups in total. The summed E-state index contributed by atoms with van der Waals surface area (Å²) in [5.74, 6) is 3.25. The van der Waals surface area contributed by atoms with Crippen molar-refractivity contribution < 1.29 is 14.3 Å². The summed E-state index contributed by atoms with van der Waals surface area (Å²) < 4.78 is 11.4. The van der Waals surface area contributed by atoms with E-state index in [-0.39, 0.29) is 29.1 Å². The second kappa shape index (κ2) is 8.28. The molecule has 1 aliphatic carbocycles. The predicted molar refractivity (Wildman–Crippen MR) is 100 cm³/mol. The van der Waals surface area contributed by atoms with Crippen LogP contribution in [0.5, 0.6) is 5.75 Å². The van der Waals surface area contributed by atoms with Crippen LogP contribution in [0.1, 0.15) is 58.3 Å². The number of hydrogen-bond donors (Lipinski definition) is 1. The Hall–Kier alpha value is -1.16. The Morgan fingerprint density at radius 1 is 1.04 bits per heavy atom. The molecule has 1 aromatic rings. The number of hydrogen-bond acceptors (Lipinski definition) is 3. The third kappa shape index (κ3) is 4.47. The maximum Gasteiger partial charge on any atom is 0.344 e. The molecule has 0 atom stereocenters. The summed E-state index contributed by atoms with van der Waals surface area (Å²) in [6.45, 7) is 2.11. The van der Waals surface area contributed by atoms with E-state index in [0.29, 0.717) is 0 Å². The van der Waals surface area contributed by atoms with E-state index >= 15 is 0 Å². The van der Waals surface area contributed by atoms with Gasteiger partial charge in [-0.25, -0.2) is 15.7 Å². The van der Waals surface area contributed by atoms with Crippen LogP contribution in [-0.4, -0.2) is 29.7 Å². The van der Waals surface area contributed by atoms with Crippen molar-refractivity contribution in [2.75, 3.05) is 18.1 Å². The molecule has 0 bridgehead atoms. The Bertz CT molecular complexity index is 528. The third-order valence-corrected chi connectivity index (χ3v) is 8.14. The molecule has 2 fully saturated rings. The van der Waals surface area contributed by atoms with Crippen LogP contribution in [0, 0.1) is 0 Å². The molecule has 0 aromatic heterocycles. The van der Waals surface area contributed by atoms with Gasteiger partial charge in [-0.3, -0.25) is 0 Å². The van der Waals surface area contributed by atoms with E-state index in [0.717, 1.165) is 37.9 Å². The van der Waals surface area contributed by atoms with E-state index in [9.17, 15) is 4.79 Å². The van der Waals surface area contributed by atoms with Crippen molar-refractivity contribution in [3.8, 4) is 5.75 Å². The number of carbonyl (C=O) groups is 1. The van der Waals surface area contributed by atoms with E-state index in [2.05, 4.69) is 19.1 Å². The third-order valence-electron chi connectivity index (χ3n) is 5.40. The van der Waals surface area contributed by atoms with Crippen LogP contribution in [0.2, 0.25) is 0 Å². The molecular formula is C20H30O3S. The van der Waals surface area contributed by atoms with Crippen LogP contribution in [0.4, 0.5) is 0 Å². The maximum absolute atomic E-state index is 12.1. The van der Waals surface area contributed by atoms with E-state index in [1.54, 1.807) is 0 Å². The summed E-state index contributed by atoms with van der Waals surface area (Å²) in [5, 5.41) is 0. The van der Waals surface area contributed by atoms with Gasteiger partial charge in [-0.2, -0.15) is 0 Å². The van der Waals surface area contributed by atoms with Crippen molar-refractivity contribution in [1.29, 1.82) is 0 Å². The molecule has 1 saturated heterocycles. The SMILES string of the molecule is CCC1(OC(=O)COc2ccc([SH]3CCCCC3)cc2)CCCC1. The lowest BCUT2D eigenvalue weighted by molar-refractivity contribution is -0.162. The molecule has 1 aromatic carbocycles. The fourth-order valence-corrected chi connectivity index (χ4v) is 6.39. The zero-order valence-corrected chi connectivity index (χ0v) is 15.7. The van der Waals surface area contributed by atoms with Crippen LogP contribution in [0.15, 0.2) is 29.2 Å². The number of esters is 1. The van der Waals surface area contributed by atoms with Gasteiger partial charge in [-0.1, -0.05) is 13.3 Å². The lowest BCUT2D eigenvalue weighted by Gasteiger charge is -2.27. The first-order chi connectivity index (χ1) is 11.7. The summed E-state index contributed by atoms with van der Waals surface area (Å²) >= 11 is 0. The van der Waals surface area contributed by atoms with E-state index in [1.165, 1.54) is 35.7 Å². The topological polar surface area (TPSA) is 35.5 Å². The molecule has 2 aliphatic rings. The zero-order valence-electron chi connectivity index (χ0n) is 14.8. The Morgan fingerprint density at radius 2 is 1.71 bits per heavy atom. The second-order valence-corrected chi connectivity index (χ2v) is 9.54. The summed E-state index contributed by atoms with van der Waals surface area (Å²) in [7, 11) is 0.0334. The smallest absolute Gasteiger partial charge is 0.344 e. The maximum atomic E-state index is 12.1. The first-order valence-electron chi connectivity index (χ1n) is 9.40. The van der Waals surface area contributed by atoms with Gasteiger partial charge < -0.3 is 9.47 Å². The number of rotatable bonds is 6. The van der Waals surface area contributed by atoms with Crippen LogP contribution in [-0.2, 0) is 9.53 Å². The van der Waals surface area contributed by atoms with Gasteiger partial charge in [0.2, 0.25) is 0 Å². The number of benzene rings is 1. The molecule has 0 radical (unpaired) electrons. The van der Waals surface area contributed by atoms with Crippen molar-refractivity contribution in [3.05, 3.63) is 24.3 Å². The Morgan fingerprint density at radius 3 is 2.33 bits per heavy atom. The van der Waals surface area contributed by atoms with Crippen molar-refractivity contribution in [2.45, 2.75) is 68.8 Å². The second-order valence-electron chi connectivity index (χ2n) is 7.05. The van der Waals surface area contributed by atoms with Crippen molar-refractivity contribution in [3.63, 3.8) is 0 Å². The molecule has 1 heterocycles. The van der Waals surface area contributed by atoms with E-state index in [4.69, 9.17) is 9.47 Å².